The number of nitrogens with zero attached hydrogens (tertiary/aromatic N) is 2. The second kappa shape index (κ2) is 4.43. The molecule has 0 spiro atoms. The van der Waals surface area contributed by atoms with Crippen LogP contribution in [0.1, 0.15) is 16.0 Å². The molecular formula is C14H11FN2S. The molecule has 0 bridgehead atoms. The Balaban J connectivity index is 1.99. The monoisotopic (exact) mass is 258 g/mol. The summed E-state index contributed by atoms with van der Waals surface area (Å²) in [4.78, 5) is 3.48. The molecule has 2 heterocycles. The van der Waals surface area contributed by atoms with Crippen molar-refractivity contribution in [3.8, 4) is 6.07 Å². The van der Waals surface area contributed by atoms with Crippen molar-refractivity contribution in [1.82, 2.24) is 0 Å². The third kappa shape index (κ3) is 1.77. The molecule has 0 saturated heterocycles. The molecule has 0 atom stereocenters. The number of hydrogen-bond acceptors (Lipinski definition) is 3. The van der Waals surface area contributed by atoms with Crippen molar-refractivity contribution in [1.29, 1.82) is 5.26 Å². The second-order valence-corrected chi connectivity index (χ2v) is 5.29. The lowest BCUT2D eigenvalue weighted by atomic mass is 10.1. The van der Waals surface area contributed by atoms with Crippen LogP contribution >= 0.6 is 11.3 Å². The van der Waals surface area contributed by atoms with Gasteiger partial charge in [0.05, 0.1) is 5.69 Å². The van der Waals surface area contributed by atoms with Crippen molar-refractivity contribution in [2.24, 2.45) is 0 Å². The smallest absolute Gasteiger partial charge is 0.143 e. The maximum Gasteiger partial charge on any atom is 0.143 e. The van der Waals surface area contributed by atoms with Gasteiger partial charge in [-0.2, -0.15) is 5.26 Å². The molecule has 3 rings (SSSR count). The lowest BCUT2D eigenvalue weighted by molar-refractivity contribution is 0.621. The lowest BCUT2D eigenvalue weighted by Crippen LogP contribution is -2.30. The Morgan fingerprint density at radius 1 is 1.33 bits per heavy atom. The Hall–Kier alpha value is -1.86. The summed E-state index contributed by atoms with van der Waals surface area (Å²) >= 11 is 1.77. The molecule has 18 heavy (non-hydrogen) atoms. The fraction of sp³-hybridized carbons (Fsp3) is 0.214. The molecule has 1 aromatic heterocycles. The molecule has 0 saturated carbocycles. The SMILES string of the molecule is N#Cc1c(F)cccc1N1CCc2sccc2C1. The highest BCUT2D eigenvalue weighted by Gasteiger charge is 2.20. The van der Waals surface area contributed by atoms with E-state index in [2.05, 4.69) is 16.3 Å². The van der Waals surface area contributed by atoms with Crippen LogP contribution in [-0.4, -0.2) is 6.54 Å². The van der Waals surface area contributed by atoms with E-state index in [-0.39, 0.29) is 5.56 Å². The molecule has 2 nitrogen and oxygen atoms in total. The highest BCUT2D eigenvalue weighted by Crippen LogP contribution is 2.30. The van der Waals surface area contributed by atoms with Crippen LogP contribution in [-0.2, 0) is 13.0 Å². The topological polar surface area (TPSA) is 27.0 Å². The van der Waals surface area contributed by atoms with Gasteiger partial charge in [-0.3, -0.25) is 0 Å². The summed E-state index contributed by atoms with van der Waals surface area (Å²) in [5, 5.41) is 11.2. The number of rotatable bonds is 1. The van der Waals surface area contributed by atoms with Crippen molar-refractivity contribution in [3.05, 3.63) is 51.5 Å². The Morgan fingerprint density at radius 2 is 2.22 bits per heavy atom. The fourth-order valence-electron chi connectivity index (χ4n) is 2.34. The van der Waals surface area contributed by atoms with Crippen LogP contribution in [0.4, 0.5) is 10.1 Å². The van der Waals surface area contributed by atoms with E-state index in [0.29, 0.717) is 5.69 Å². The molecule has 0 fully saturated rings. The van der Waals surface area contributed by atoms with Crippen LogP contribution in [0.25, 0.3) is 0 Å². The Labute approximate surface area is 109 Å². The van der Waals surface area contributed by atoms with Gasteiger partial charge < -0.3 is 4.90 Å². The van der Waals surface area contributed by atoms with Gasteiger partial charge in [-0.1, -0.05) is 6.07 Å². The summed E-state index contributed by atoms with van der Waals surface area (Å²) in [7, 11) is 0. The average Bonchev–Trinajstić information content (AvgIpc) is 2.85. The van der Waals surface area contributed by atoms with Crippen LogP contribution in [0.3, 0.4) is 0 Å². The lowest BCUT2D eigenvalue weighted by Gasteiger charge is -2.29. The molecule has 2 aromatic rings. The molecule has 1 aromatic carbocycles. The zero-order valence-corrected chi connectivity index (χ0v) is 10.5. The number of hydrogen-bond donors (Lipinski definition) is 0. The number of halogens is 1. The Kier molecular flexibility index (Phi) is 2.77. The largest absolute Gasteiger partial charge is 0.366 e. The molecule has 0 radical (unpaired) electrons. The molecule has 1 aliphatic rings. The van der Waals surface area contributed by atoms with E-state index in [0.717, 1.165) is 19.5 Å². The first-order valence-electron chi connectivity index (χ1n) is 5.78. The predicted molar refractivity (Wildman–Crippen MR) is 70.2 cm³/mol. The van der Waals surface area contributed by atoms with E-state index in [1.54, 1.807) is 17.4 Å². The number of thiophene rings is 1. The van der Waals surface area contributed by atoms with Crippen molar-refractivity contribution >= 4 is 17.0 Å². The van der Waals surface area contributed by atoms with Crippen molar-refractivity contribution < 1.29 is 4.39 Å². The van der Waals surface area contributed by atoms with Gasteiger partial charge >= 0.3 is 0 Å². The number of fused-ring (bicyclic) bond motifs is 1. The minimum atomic E-state index is -0.439. The van der Waals surface area contributed by atoms with Gasteiger partial charge in [0, 0.05) is 18.0 Å². The zero-order valence-electron chi connectivity index (χ0n) is 9.69. The van der Waals surface area contributed by atoms with Crippen LogP contribution in [0.15, 0.2) is 29.6 Å². The van der Waals surface area contributed by atoms with Crippen molar-refractivity contribution in [2.45, 2.75) is 13.0 Å². The summed E-state index contributed by atoms with van der Waals surface area (Å²) in [6, 6.07) is 8.89. The van der Waals surface area contributed by atoms with Crippen LogP contribution in [0.5, 0.6) is 0 Å². The maximum atomic E-state index is 13.6. The highest BCUT2D eigenvalue weighted by molar-refractivity contribution is 7.10. The van der Waals surface area contributed by atoms with Crippen LogP contribution in [0.2, 0.25) is 0 Å². The first-order chi connectivity index (χ1) is 8.79. The van der Waals surface area contributed by atoms with E-state index in [9.17, 15) is 4.39 Å². The summed E-state index contributed by atoms with van der Waals surface area (Å²) in [6.07, 6.45) is 0.967. The number of benzene rings is 1. The normalized spacial score (nSPS) is 14.1. The molecular weight excluding hydrogens is 247 g/mol. The van der Waals surface area contributed by atoms with E-state index >= 15 is 0 Å². The van der Waals surface area contributed by atoms with E-state index in [1.165, 1.54) is 16.5 Å². The summed E-state index contributed by atoms with van der Waals surface area (Å²) in [5.74, 6) is -0.439. The zero-order chi connectivity index (χ0) is 12.5. The maximum absolute atomic E-state index is 13.6. The van der Waals surface area contributed by atoms with E-state index in [1.807, 2.05) is 12.1 Å². The van der Waals surface area contributed by atoms with Gasteiger partial charge in [0.2, 0.25) is 0 Å². The summed E-state index contributed by atoms with van der Waals surface area (Å²) < 4.78 is 13.6. The third-order valence-corrected chi connectivity index (χ3v) is 4.27. The van der Waals surface area contributed by atoms with Crippen molar-refractivity contribution in [2.75, 3.05) is 11.4 Å². The predicted octanol–water partition coefficient (Wildman–Crippen LogP) is 3.32. The van der Waals surface area contributed by atoms with Crippen LogP contribution < -0.4 is 4.90 Å². The molecule has 4 heteroatoms. The number of anilines is 1. The quantitative estimate of drug-likeness (QED) is 0.784. The summed E-state index contributed by atoms with van der Waals surface area (Å²) in [6.45, 7) is 1.60. The molecule has 0 aliphatic carbocycles. The first-order valence-corrected chi connectivity index (χ1v) is 6.66. The van der Waals surface area contributed by atoms with Gasteiger partial charge in [0.25, 0.3) is 0 Å². The van der Waals surface area contributed by atoms with E-state index in [4.69, 9.17) is 5.26 Å². The van der Waals surface area contributed by atoms with Crippen LogP contribution in [0, 0.1) is 17.1 Å². The van der Waals surface area contributed by atoms with Gasteiger partial charge in [-0.15, -0.1) is 11.3 Å². The highest BCUT2D eigenvalue weighted by atomic mass is 32.1. The minimum Gasteiger partial charge on any atom is -0.366 e. The van der Waals surface area contributed by atoms with Gasteiger partial charge in [-0.05, 0) is 35.6 Å². The first kappa shape index (κ1) is 11.2. The molecule has 0 N–H and O–H groups in total. The molecule has 1 aliphatic heterocycles. The third-order valence-electron chi connectivity index (χ3n) is 3.25. The van der Waals surface area contributed by atoms with Gasteiger partial charge in [-0.25, -0.2) is 4.39 Å². The standard InChI is InChI=1S/C14H11FN2S/c15-12-2-1-3-13(11(12)8-16)17-6-4-14-10(9-17)5-7-18-14/h1-3,5,7H,4,6,9H2. The summed E-state index contributed by atoms with van der Waals surface area (Å²) in [5.41, 5.74) is 2.14. The number of nitriles is 1. The van der Waals surface area contributed by atoms with Gasteiger partial charge in [0.1, 0.15) is 17.4 Å². The fourth-order valence-corrected chi connectivity index (χ4v) is 3.23. The molecule has 0 unspecified atom stereocenters. The Bertz CT molecular complexity index is 627. The minimum absolute atomic E-state index is 0.149. The molecule has 90 valence electrons. The van der Waals surface area contributed by atoms with Crippen molar-refractivity contribution in [3.63, 3.8) is 0 Å². The molecule has 0 amide bonds. The average molecular weight is 258 g/mol. The Morgan fingerprint density at radius 3 is 3.06 bits per heavy atom. The second-order valence-electron chi connectivity index (χ2n) is 4.29. The van der Waals surface area contributed by atoms with E-state index < -0.39 is 5.82 Å². The van der Waals surface area contributed by atoms with Gasteiger partial charge in [0.15, 0.2) is 0 Å².